The van der Waals surface area contributed by atoms with Crippen LogP contribution in [-0.4, -0.2) is 37.2 Å². The van der Waals surface area contributed by atoms with Crippen molar-refractivity contribution in [3.8, 4) is 0 Å². The number of nitrogens with zero attached hydrogens (tertiary/aromatic N) is 2. The highest BCUT2D eigenvalue weighted by Crippen LogP contribution is 2.25. The number of hydrogen-bond donors (Lipinski definition) is 1. The maximum atomic E-state index is 6.05. The fraction of sp³-hybridized carbons (Fsp3) is 0.400. The number of ether oxygens (including phenoxy) is 1. The molecule has 0 bridgehead atoms. The third-order valence-corrected chi connectivity index (χ3v) is 3.63. The Labute approximate surface area is 141 Å². The van der Waals surface area contributed by atoms with Gasteiger partial charge < -0.3 is 19.8 Å². The van der Waals surface area contributed by atoms with Crippen LogP contribution in [-0.2, 0) is 11.3 Å². The summed E-state index contributed by atoms with van der Waals surface area (Å²) in [6.45, 7) is 5.55. The van der Waals surface area contributed by atoms with Crippen LogP contribution in [0.4, 0.5) is 0 Å². The number of fused-ring (bicyclic) bond motifs is 1. The van der Waals surface area contributed by atoms with Crippen LogP contribution >= 0.6 is 24.0 Å². The first kappa shape index (κ1) is 16.1. The van der Waals surface area contributed by atoms with E-state index in [0.717, 1.165) is 35.4 Å². The van der Waals surface area contributed by atoms with E-state index < -0.39 is 0 Å². The summed E-state index contributed by atoms with van der Waals surface area (Å²) in [6.07, 6.45) is 0. The zero-order valence-corrected chi connectivity index (χ0v) is 14.4. The number of hydrogen-bond acceptors (Lipinski definition) is 3. The Kier molecular flexibility index (Phi) is 5.46. The van der Waals surface area contributed by atoms with E-state index in [1.165, 1.54) is 0 Å². The van der Waals surface area contributed by atoms with E-state index in [1.807, 2.05) is 25.1 Å². The minimum atomic E-state index is 0. The Morgan fingerprint density at radius 2 is 2.00 bits per heavy atom. The molecule has 1 saturated heterocycles. The van der Waals surface area contributed by atoms with Gasteiger partial charge in [0.1, 0.15) is 11.3 Å². The van der Waals surface area contributed by atoms with Crippen molar-refractivity contribution in [2.45, 2.75) is 13.5 Å². The number of para-hydroxylation sites is 1. The summed E-state index contributed by atoms with van der Waals surface area (Å²) in [5, 5.41) is 1.11. The second-order valence-corrected chi connectivity index (χ2v) is 4.91. The quantitative estimate of drug-likeness (QED) is 0.477. The molecule has 0 atom stereocenters. The molecular weight excluding hydrogens is 381 g/mol. The molecule has 1 fully saturated rings. The molecule has 0 aliphatic carbocycles. The van der Waals surface area contributed by atoms with E-state index in [4.69, 9.17) is 14.9 Å². The maximum Gasteiger partial charge on any atom is 0.191 e. The summed E-state index contributed by atoms with van der Waals surface area (Å²) in [5.41, 5.74) is 8.06. The normalized spacial score (nSPS) is 16.0. The summed E-state index contributed by atoms with van der Waals surface area (Å²) in [5.74, 6) is 1.49. The molecule has 1 aromatic heterocycles. The van der Waals surface area contributed by atoms with Crippen LogP contribution in [0.3, 0.4) is 0 Å². The summed E-state index contributed by atoms with van der Waals surface area (Å²) in [4.78, 5) is 6.56. The van der Waals surface area contributed by atoms with Crippen LogP contribution in [0.2, 0.25) is 0 Å². The van der Waals surface area contributed by atoms with Gasteiger partial charge in [-0.15, -0.1) is 24.0 Å². The molecule has 6 heteroatoms. The summed E-state index contributed by atoms with van der Waals surface area (Å²) in [6, 6.07) is 8.01. The maximum absolute atomic E-state index is 6.05. The molecular formula is C15H20IN3O2. The van der Waals surface area contributed by atoms with Crippen LogP contribution in [0.15, 0.2) is 33.7 Å². The van der Waals surface area contributed by atoms with Gasteiger partial charge in [0.25, 0.3) is 0 Å². The lowest BCUT2D eigenvalue weighted by Crippen LogP contribution is -2.44. The van der Waals surface area contributed by atoms with E-state index in [1.54, 1.807) is 0 Å². The average Bonchev–Trinajstić information content (AvgIpc) is 2.81. The molecule has 1 aliphatic rings. The van der Waals surface area contributed by atoms with Crippen molar-refractivity contribution in [2.75, 3.05) is 26.3 Å². The Hall–Kier alpha value is -1.28. The van der Waals surface area contributed by atoms with Gasteiger partial charge in [0.2, 0.25) is 0 Å². The number of aliphatic imine (C=N–C) groups is 1. The highest BCUT2D eigenvalue weighted by molar-refractivity contribution is 14.0. The van der Waals surface area contributed by atoms with E-state index in [-0.39, 0.29) is 24.0 Å². The first-order chi connectivity index (χ1) is 9.75. The number of morpholine rings is 1. The van der Waals surface area contributed by atoms with Gasteiger partial charge in [-0.2, -0.15) is 0 Å². The number of halogens is 1. The van der Waals surface area contributed by atoms with E-state index >= 15 is 0 Å². The smallest absolute Gasteiger partial charge is 0.191 e. The standard InChI is InChI=1S/C15H19N3O2.HI/c1-11-13(12-4-2-3-5-14(12)20-11)10-17-15(16)18-6-8-19-9-7-18;/h2-5H,6-10H2,1H3,(H2,16,17);1H. The fourth-order valence-electron chi connectivity index (χ4n) is 2.47. The second-order valence-electron chi connectivity index (χ2n) is 4.91. The van der Waals surface area contributed by atoms with Crippen molar-refractivity contribution < 1.29 is 9.15 Å². The lowest BCUT2D eigenvalue weighted by atomic mass is 10.1. The molecule has 1 aliphatic heterocycles. The minimum Gasteiger partial charge on any atom is -0.461 e. The third kappa shape index (κ3) is 3.49. The largest absolute Gasteiger partial charge is 0.461 e. The molecule has 2 aromatic rings. The number of rotatable bonds is 2. The topological polar surface area (TPSA) is 64.0 Å². The molecule has 3 rings (SSSR count). The van der Waals surface area contributed by atoms with Crippen LogP contribution < -0.4 is 5.73 Å². The second kappa shape index (κ2) is 7.13. The molecule has 5 nitrogen and oxygen atoms in total. The van der Waals surface area contributed by atoms with Gasteiger partial charge in [0.15, 0.2) is 5.96 Å². The Morgan fingerprint density at radius 3 is 2.76 bits per heavy atom. The number of nitrogens with two attached hydrogens (primary N) is 1. The van der Waals surface area contributed by atoms with Crippen LogP contribution in [0.1, 0.15) is 11.3 Å². The van der Waals surface area contributed by atoms with Crippen LogP contribution in [0.25, 0.3) is 11.0 Å². The summed E-state index contributed by atoms with van der Waals surface area (Å²) >= 11 is 0. The van der Waals surface area contributed by atoms with Crippen molar-refractivity contribution in [1.82, 2.24) is 4.90 Å². The lowest BCUT2D eigenvalue weighted by molar-refractivity contribution is 0.0674. The zero-order valence-electron chi connectivity index (χ0n) is 12.0. The molecule has 114 valence electrons. The fourth-order valence-corrected chi connectivity index (χ4v) is 2.47. The molecule has 0 unspecified atom stereocenters. The van der Waals surface area contributed by atoms with E-state index in [2.05, 4.69) is 16.0 Å². The number of benzene rings is 1. The highest BCUT2D eigenvalue weighted by Gasteiger charge is 2.13. The molecule has 21 heavy (non-hydrogen) atoms. The Morgan fingerprint density at radius 1 is 1.29 bits per heavy atom. The first-order valence-electron chi connectivity index (χ1n) is 6.85. The van der Waals surface area contributed by atoms with Crippen molar-refractivity contribution in [2.24, 2.45) is 10.7 Å². The molecule has 2 heterocycles. The van der Waals surface area contributed by atoms with Gasteiger partial charge in [-0.1, -0.05) is 18.2 Å². The monoisotopic (exact) mass is 401 g/mol. The summed E-state index contributed by atoms with van der Waals surface area (Å²) < 4.78 is 11.0. The van der Waals surface area contributed by atoms with Gasteiger partial charge >= 0.3 is 0 Å². The average molecular weight is 401 g/mol. The van der Waals surface area contributed by atoms with Crippen molar-refractivity contribution in [3.05, 3.63) is 35.6 Å². The number of aryl methyl sites for hydroxylation is 1. The Balaban J connectivity index is 0.00000161. The molecule has 1 aromatic carbocycles. The van der Waals surface area contributed by atoms with Crippen LogP contribution in [0.5, 0.6) is 0 Å². The number of furan rings is 1. The summed E-state index contributed by atoms with van der Waals surface area (Å²) in [7, 11) is 0. The van der Waals surface area contributed by atoms with Gasteiger partial charge in [0, 0.05) is 24.0 Å². The van der Waals surface area contributed by atoms with Gasteiger partial charge in [-0.05, 0) is 13.0 Å². The van der Waals surface area contributed by atoms with Crippen molar-refractivity contribution in [3.63, 3.8) is 0 Å². The van der Waals surface area contributed by atoms with Crippen molar-refractivity contribution in [1.29, 1.82) is 0 Å². The SMILES string of the molecule is Cc1oc2ccccc2c1CN=C(N)N1CCOCC1.I. The predicted octanol–water partition coefficient (Wildman–Crippen LogP) is 2.51. The van der Waals surface area contributed by atoms with Gasteiger partial charge in [-0.25, -0.2) is 4.99 Å². The number of guanidine groups is 1. The Bertz CT molecular complexity index is 633. The van der Waals surface area contributed by atoms with E-state index in [9.17, 15) is 0 Å². The first-order valence-corrected chi connectivity index (χ1v) is 6.85. The molecule has 0 saturated carbocycles. The van der Waals surface area contributed by atoms with Crippen LogP contribution in [0, 0.1) is 6.92 Å². The van der Waals surface area contributed by atoms with Gasteiger partial charge in [0.05, 0.1) is 19.8 Å². The minimum absolute atomic E-state index is 0. The zero-order chi connectivity index (χ0) is 13.9. The molecule has 2 N–H and O–H groups in total. The predicted molar refractivity (Wildman–Crippen MR) is 94.1 cm³/mol. The van der Waals surface area contributed by atoms with Crippen molar-refractivity contribution >= 4 is 40.9 Å². The third-order valence-electron chi connectivity index (χ3n) is 3.63. The van der Waals surface area contributed by atoms with Gasteiger partial charge in [-0.3, -0.25) is 0 Å². The highest BCUT2D eigenvalue weighted by atomic mass is 127. The van der Waals surface area contributed by atoms with E-state index in [0.29, 0.717) is 25.7 Å². The molecule has 0 amide bonds. The molecule has 0 radical (unpaired) electrons. The molecule has 0 spiro atoms. The lowest BCUT2D eigenvalue weighted by Gasteiger charge is -2.27.